The van der Waals surface area contributed by atoms with Crippen LogP contribution in [0.4, 0.5) is 4.79 Å². The monoisotopic (exact) mass is 349 g/mol. The molecule has 1 heterocycles. The maximum Gasteiger partial charge on any atom is 0.315 e. The minimum Gasteiger partial charge on any atom is -0.504 e. The van der Waals surface area contributed by atoms with Crippen LogP contribution in [0, 0.1) is 0 Å². The van der Waals surface area contributed by atoms with E-state index < -0.39 is 0 Å². The van der Waals surface area contributed by atoms with E-state index in [1.54, 1.807) is 29.5 Å². The first kappa shape index (κ1) is 18.1. The number of benzene rings is 1. The Kier molecular flexibility index (Phi) is 6.45. The number of hydrogen-bond acceptors (Lipinski definition) is 5. The van der Waals surface area contributed by atoms with Gasteiger partial charge in [0.15, 0.2) is 11.5 Å². The normalized spacial score (nSPS) is 12.0. The number of nitrogens with zero attached hydrogens (tertiary/aromatic N) is 1. The number of para-hydroxylation sites is 1. The van der Waals surface area contributed by atoms with E-state index in [4.69, 9.17) is 4.74 Å². The molecule has 6 nitrogen and oxygen atoms in total. The zero-order chi connectivity index (χ0) is 17.5. The van der Waals surface area contributed by atoms with Crippen LogP contribution in [0.5, 0.6) is 11.5 Å². The van der Waals surface area contributed by atoms with Gasteiger partial charge < -0.3 is 25.4 Å². The second-order valence-electron chi connectivity index (χ2n) is 5.53. The summed E-state index contributed by atoms with van der Waals surface area (Å²) in [6, 6.07) is 9.09. The zero-order valence-corrected chi connectivity index (χ0v) is 14.9. The van der Waals surface area contributed by atoms with Crippen LogP contribution in [0.25, 0.3) is 0 Å². The van der Waals surface area contributed by atoms with Crippen LogP contribution in [-0.2, 0) is 6.54 Å². The van der Waals surface area contributed by atoms with Gasteiger partial charge in [-0.25, -0.2) is 4.79 Å². The van der Waals surface area contributed by atoms with Gasteiger partial charge in [-0.05, 0) is 31.6 Å². The number of ether oxygens (including phenoxy) is 1. The highest BCUT2D eigenvalue weighted by atomic mass is 32.1. The maximum absolute atomic E-state index is 12.0. The standard InChI is InChI=1S/C17H23N3O3S/c1-20(2)13(15-8-5-9-24-15)11-19-17(22)18-10-12-6-4-7-14(23-3)16(12)21/h4-9,13,21H,10-11H2,1-3H3,(H2,18,19,22)/t13-/m0/s1. The average molecular weight is 349 g/mol. The molecule has 0 aliphatic rings. The number of urea groups is 1. The van der Waals surface area contributed by atoms with E-state index in [2.05, 4.69) is 21.6 Å². The molecule has 0 spiro atoms. The molecule has 130 valence electrons. The molecule has 2 aromatic rings. The van der Waals surface area contributed by atoms with Crippen LogP contribution < -0.4 is 15.4 Å². The number of carbonyl (C=O) groups excluding carboxylic acids is 1. The first-order valence-electron chi connectivity index (χ1n) is 7.59. The predicted molar refractivity (Wildman–Crippen MR) is 95.6 cm³/mol. The summed E-state index contributed by atoms with van der Waals surface area (Å²) in [6.07, 6.45) is 0. The fourth-order valence-corrected chi connectivity index (χ4v) is 3.24. The summed E-state index contributed by atoms with van der Waals surface area (Å²) in [4.78, 5) is 15.3. The molecule has 24 heavy (non-hydrogen) atoms. The second-order valence-corrected chi connectivity index (χ2v) is 6.51. The summed E-state index contributed by atoms with van der Waals surface area (Å²) in [5.41, 5.74) is 0.604. The third-order valence-electron chi connectivity index (χ3n) is 3.69. The molecule has 0 aliphatic heterocycles. The molecule has 0 bridgehead atoms. The summed E-state index contributed by atoms with van der Waals surface area (Å²) in [5.74, 6) is 0.435. The Morgan fingerprint density at radius 2 is 2.08 bits per heavy atom. The Hall–Kier alpha value is -2.25. The highest BCUT2D eigenvalue weighted by Gasteiger charge is 2.16. The van der Waals surface area contributed by atoms with Gasteiger partial charge in [0.1, 0.15) is 0 Å². The Bertz CT molecular complexity index is 659. The lowest BCUT2D eigenvalue weighted by atomic mass is 10.2. The summed E-state index contributed by atoms with van der Waals surface area (Å²) in [6.45, 7) is 0.726. The number of carbonyl (C=O) groups is 1. The van der Waals surface area contributed by atoms with Gasteiger partial charge in [-0.2, -0.15) is 0 Å². The third-order valence-corrected chi connectivity index (χ3v) is 4.67. The van der Waals surface area contributed by atoms with E-state index in [-0.39, 0.29) is 24.4 Å². The molecule has 0 saturated carbocycles. The van der Waals surface area contributed by atoms with Crippen molar-refractivity contribution in [1.29, 1.82) is 0 Å². The van der Waals surface area contributed by atoms with Gasteiger partial charge in [0.05, 0.1) is 13.2 Å². The zero-order valence-electron chi connectivity index (χ0n) is 14.1. The van der Waals surface area contributed by atoms with Crippen molar-refractivity contribution in [3.8, 4) is 11.5 Å². The van der Waals surface area contributed by atoms with Crippen LogP contribution in [0.2, 0.25) is 0 Å². The van der Waals surface area contributed by atoms with E-state index in [0.717, 1.165) is 0 Å². The van der Waals surface area contributed by atoms with Gasteiger partial charge in [0.2, 0.25) is 0 Å². The minimum atomic E-state index is -0.277. The molecule has 3 N–H and O–H groups in total. The SMILES string of the molecule is COc1cccc(CNC(=O)NC[C@@H](c2cccs2)N(C)C)c1O. The summed E-state index contributed by atoms with van der Waals surface area (Å²) in [7, 11) is 5.46. The van der Waals surface area contributed by atoms with Crippen LogP contribution >= 0.6 is 11.3 Å². The van der Waals surface area contributed by atoms with Gasteiger partial charge in [0, 0.05) is 23.5 Å². The molecule has 0 saturated heterocycles. The van der Waals surface area contributed by atoms with Crippen LogP contribution in [0.3, 0.4) is 0 Å². The van der Waals surface area contributed by atoms with E-state index in [1.807, 2.05) is 25.5 Å². The Balaban J connectivity index is 1.87. The first-order valence-corrected chi connectivity index (χ1v) is 8.47. The fraction of sp³-hybridized carbons (Fsp3) is 0.353. The second kappa shape index (κ2) is 8.56. The molecular formula is C17H23N3O3S. The molecule has 0 fully saturated rings. The molecule has 0 unspecified atom stereocenters. The Morgan fingerprint density at radius 1 is 1.29 bits per heavy atom. The first-order chi connectivity index (χ1) is 11.5. The summed E-state index contributed by atoms with van der Waals surface area (Å²) in [5, 5.41) is 17.7. The van der Waals surface area contributed by atoms with Crippen molar-refractivity contribution in [2.45, 2.75) is 12.6 Å². The Morgan fingerprint density at radius 3 is 2.71 bits per heavy atom. The lowest BCUT2D eigenvalue weighted by molar-refractivity contribution is 0.233. The smallest absolute Gasteiger partial charge is 0.315 e. The Labute approximate surface area is 146 Å². The van der Waals surface area contributed by atoms with Crippen molar-refractivity contribution in [1.82, 2.24) is 15.5 Å². The number of methoxy groups -OCH3 is 1. The molecule has 0 radical (unpaired) electrons. The van der Waals surface area contributed by atoms with E-state index in [0.29, 0.717) is 17.9 Å². The lowest BCUT2D eigenvalue weighted by Crippen LogP contribution is -2.40. The van der Waals surface area contributed by atoms with Crippen molar-refractivity contribution >= 4 is 17.4 Å². The van der Waals surface area contributed by atoms with Gasteiger partial charge >= 0.3 is 6.03 Å². The number of thiophene rings is 1. The van der Waals surface area contributed by atoms with Crippen molar-refractivity contribution < 1.29 is 14.6 Å². The number of phenolic OH excluding ortho intramolecular Hbond substituents is 1. The van der Waals surface area contributed by atoms with Gasteiger partial charge in [-0.15, -0.1) is 11.3 Å². The molecule has 1 atom stereocenters. The van der Waals surface area contributed by atoms with Crippen LogP contribution in [-0.4, -0.2) is 43.8 Å². The van der Waals surface area contributed by atoms with Gasteiger partial charge in [0.25, 0.3) is 0 Å². The predicted octanol–water partition coefficient (Wildman–Crippen LogP) is 2.56. The minimum absolute atomic E-state index is 0.0463. The van der Waals surface area contributed by atoms with Crippen molar-refractivity contribution in [2.75, 3.05) is 27.7 Å². The van der Waals surface area contributed by atoms with Crippen molar-refractivity contribution in [3.63, 3.8) is 0 Å². The van der Waals surface area contributed by atoms with Gasteiger partial charge in [-0.1, -0.05) is 18.2 Å². The summed E-state index contributed by atoms with van der Waals surface area (Å²) >= 11 is 1.67. The van der Waals surface area contributed by atoms with Crippen LogP contribution in [0.1, 0.15) is 16.5 Å². The molecule has 1 aromatic carbocycles. The van der Waals surface area contributed by atoms with Crippen molar-refractivity contribution in [3.05, 3.63) is 46.2 Å². The van der Waals surface area contributed by atoms with Gasteiger partial charge in [-0.3, -0.25) is 0 Å². The highest BCUT2D eigenvalue weighted by Crippen LogP contribution is 2.29. The topological polar surface area (TPSA) is 73.8 Å². The number of aromatic hydroxyl groups is 1. The average Bonchev–Trinajstić information content (AvgIpc) is 3.08. The number of nitrogens with one attached hydrogen (secondary N) is 2. The molecule has 2 rings (SSSR count). The number of phenols is 1. The maximum atomic E-state index is 12.0. The number of amides is 2. The lowest BCUT2D eigenvalue weighted by Gasteiger charge is -2.23. The molecule has 2 amide bonds. The van der Waals surface area contributed by atoms with E-state index >= 15 is 0 Å². The third kappa shape index (κ3) is 4.62. The quantitative estimate of drug-likeness (QED) is 0.718. The number of hydrogen-bond donors (Lipinski definition) is 3. The largest absolute Gasteiger partial charge is 0.504 e. The molecular weight excluding hydrogens is 326 g/mol. The van der Waals surface area contributed by atoms with Crippen LogP contribution in [0.15, 0.2) is 35.7 Å². The molecule has 7 heteroatoms. The fourth-order valence-electron chi connectivity index (χ4n) is 2.32. The number of likely N-dealkylation sites (N-methyl/N-ethyl adjacent to an activating group) is 1. The van der Waals surface area contributed by atoms with E-state index in [1.165, 1.54) is 12.0 Å². The van der Waals surface area contributed by atoms with E-state index in [9.17, 15) is 9.90 Å². The van der Waals surface area contributed by atoms with Crippen molar-refractivity contribution in [2.24, 2.45) is 0 Å². The molecule has 0 aliphatic carbocycles. The molecule has 1 aromatic heterocycles. The highest BCUT2D eigenvalue weighted by molar-refractivity contribution is 7.10. The number of rotatable bonds is 7. The summed E-state index contributed by atoms with van der Waals surface area (Å²) < 4.78 is 5.06.